The van der Waals surface area contributed by atoms with E-state index in [0.29, 0.717) is 25.9 Å². The van der Waals surface area contributed by atoms with Gasteiger partial charge in [0.2, 0.25) is 6.41 Å². The van der Waals surface area contributed by atoms with Crippen LogP contribution in [-0.4, -0.2) is 46.2 Å². The van der Waals surface area contributed by atoms with E-state index in [-0.39, 0.29) is 0 Å². The summed E-state index contributed by atoms with van der Waals surface area (Å²) in [6, 6.07) is 0. The van der Waals surface area contributed by atoms with Gasteiger partial charge in [0.05, 0.1) is 0 Å². The van der Waals surface area contributed by atoms with Crippen LogP contribution in [0, 0.1) is 0 Å². The van der Waals surface area contributed by atoms with E-state index in [4.69, 9.17) is 0 Å². The van der Waals surface area contributed by atoms with Crippen molar-refractivity contribution in [2.75, 3.05) is 18.5 Å². The van der Waals surface area contributed by atoms with Crippen LogP contribution < -0.4 is 16.1 Å². The van der Waals surface area contributed by atoms with Gasteiger partial charge in [-0.05, 0) is 6.42 Å². The first-order chi connectivity index (χ1) is 8.24. The Balaban J connectivity index is 2.18. The number of rotatable bonds is 6. The van der Waals surface area contributed by atoms with Crippen LogP contribution in [0.15, 0.2) is 12.7 Å². The molecule has 0 saturated carbocycles. The summed E-state index contributed by atoms with van der Waals surface area (Å²) in [6.07, 6.45) is 3.61. The molecule has 1 aromatic rings. The van der Waals surface area contributed by atoms with Gasteiger partial charge >= 0.3 is 11.8 Å². The summed E-state index contributed by atoms with van der Waals surface area (Å²) in [5.41, 5.74) is 2.24. The van der Waals surface area contributed by atoms with Crippen LogP contribution >= 0.6 is 0 Å². The van der Waals surface area contributed by atoms with Crippen molar-refractivity contribution in [3.8, 4) is 0 Å². The third-order valence-corrected chi connectivity index (χ3v) is 1.72. The van der Waals surface area contributed by atoms with Gasteiger partial charge < -0.3 is 10.6 Å². The topological polar surface area (TPSA) is 118 Å². The largest absolute Gasteiger partial charge is 0.359 e. The average Bonchev–Trinajstić information content (AvgIpc) is 2.81. The van der Waals surface area contributed by atoms with Gasteiger partial charge in [0.25, 0.3) is 0 Å². The number of aromatic nitrogens is 3. The molecule has 9 heteroatoms. The highest BCUT2D eigenvalue weighted by Crippen LogP contribution is 1.78. The lowest BCUT2D eigenvalue weighted by Crippen LogP contribution is -2.39. The molecule has 1 heterocycles. The molecule has 0 bridgehead atoms. The van der Waals surface area contributed by atoms with Crippen LogP contribution in [0.25, 0.3) is 0 Å². The van der Waals surface area contributed by atoms with Crippen molar-refractivity contribution in [3.05, 3.63) is 12.7 Å². The third-order valence-electron chi connectivity index (χ3n) is 1.72. The van der Waals surface area contributed by atoms with E-state index in [1.165, 1.54) is 12.7 Å². The second kappa shape index (κ2) is 6.93. The molecule has 0 aromatic carbocycles. The average molecular weight is 240 g/mol. The standard InChI is InChI=1S/C8H12N6O3/c15-6-9-2-1-3-10-7(16)8(17)13-14-4-11-12-5-14/h4-6H,1-3H2,(H,9,15)(H,10,16)(H,13,17). The van der Waals surface area contributed by atoms with Gasteiger partial charge in [0, 0.05) is 13.1 Å². The molecule has 0 fully saturated rings. The van der Waals surface area contributed by atoms with Crippen molar-refractivity contribution in [3.63, 3.8) is 0 Å². The Morgan fingerprint density at radius 1 is 1.18 bits per heavy atom. The predicted molar refractivity (Wildman–Crippen MR) is 56.1 cm³/mol. The summed E-state index contributed by atoms with van der Waals surface area (Å²) < 4.78 is 1.16. The highest BCUT2D eigenvalue weighted by atomic mass is 16.2. The number of hydrogen-bond acceptors (Lipinski definition) is 5. The van der Waals surface area contributed by atoms with Crippen LogP contribution in [-0.2, 0) is 14.4 Å². The van der Waals surface area contributed by atoms with E-state index in [0.717, 1.165) is 4.68 Å². The molecule has 0 aliphatic rings. The van der Waals surface area contributed by atoms with E-state index in [9.17, 15) is 14.4 Å². The molecule has 1 aromatic heterocycles. The Morgan fingerprint density at radius 3 is 2.53 bits per heavy atom. The first kappa shape index (κ1) is 12.6. The lowest BCUT2D eigenvalue weighted by molar-refractivity contribution is -0.136. The maximum atomic E-state index is 11.3. The molecular formula is C8H12N6O3. The second-order valence-corrected chi connectivity index (χ2v) is 2.99. The summed E-state index contributed by atoms with van der Waals surface area (Å²) in [5.74, 6) is -1.57. The molecule has 92 valence electrons. The van der Waals surface area contributed by atoms with Crippen LogP contribution in [0.3, 0.4) is 0 Å². The minimum Gasteiger partial charge on any atom is -0.359 e. The molecule has 1 rings (SSSR count). The summed E-state index contributed by atoms with van der Waals surface area (Å²) in [6.45, 7) is 0.742. The Kier molecular flexibility index (Phi) is 5.14. The number of hydrogen-bond donors (Lipinski definition) is 3. The summed E-state index contributed by atoms with van der Waals surface area (Å²) in [4.78, 5) is 32.4. The zero-order valence-corrected chi connectivity index (χ0v) is 8.92. The van der Waals surface area contributed by atoms with Crippen molar-refractivity contribution < 1.29 is 14.4 Å². The van der Waals surface area contributed by atoms with Crippen LogP contribution in [0.5, 0.6) is 0 Å². The highest BCUT2D eigenvalue weighted by Gasteiger charge is 2.12. The molecule has 0 saturated heterocycles. The normalized spacial score (nSPS) is 9.41. The summed E-state index contributed by atoms with van der Waals surface area (Å²) in [5, 5.41) is 11.7. The maximum Gasteiger partial charge on any atom is 0.328 e. The van der Waals surface area contributed by atoms with E-state index >= 15 is 0 Å². The molecule has 3 N–H and O–H groups in total. The molecule has 0 unspecified atom stereocenters. The van der Waals surface area contributed by atoms with Gasteiger partial charge in [-0.2, -0.15) is 0 Å². The molecule has 3 amide bonds. The maximum absolute atomic E-state index is 11.3. The van der Waals surface area contributed by atoms with Crippen molar-refractivity contribution in [2.24, 2.45) is 0 Å². The van der Waals surface area contributed by atoms with E-state index in [1.54, 1.807) is 0 Å². The Hall–Kier alpha value is -2.45. The van der Waals surface area contributed by atoms with Gasteiger partial charge in [-0.15, -0.1) is 10.2 Å². The number of nitrogens with one attached hydrogen (secondary N) is 3. The SMILES string of the molecule is O=CNCCCNC(=O)C(=O)Nn1cnnc1. The lowest BCUT2D eigenvalue weighted by atomic mass is 10.4. The first-order valence-electron chi connectivity index (χ1n) is 4.85. The molecular weight excluding hydrogens is 228 g/mol. The zero-order valence-electron chi connectivity index (χ0n) is 8.92. The van der Waals surface area contributed by atoms with Crippen LogP contribution in [0.2, 0.25) is 0 Å². The Bertz CT molecular complexity index is 377. The smallest absolute Gasteiger partial charge is 0.328 e. The minimum absolute atomic E-state index is 0.301. The summed E-state index contributed by atoms with van der Waals surface area (Å²) >= 11 is 0. The number of nitrogens with zero attached hydrogens (tertiary/aromatic N) is 3. The zero-order chi connectivity index (χ0) is 12.5. The van der Waals surface area contributed by atoms with Crippen LogP contribution in [0.4, 0.5) is 0 Å². The molecule has 0 aliphatic heterocycles. The molecule has 0 radical (unpaired) electrons. The van der Waals surface area contributed by atoms with Gasteiger partial charge in [0.1, 0.15) is 12.7 Å². The lowest BCUT2D eigenvalue weighted by Gasteiger charge is -2.05. The number of amides is 3. The third kappa shape index (κ3) is 4.73. The first-order valence-corrected chi connectivity index (χ1v) is 4.85. The van der Waals surface area contributed by atoms with Crippen molar-refractivity contribution in [2.45, 2.75) is 6.42 Å². The molecule has 9 nitrogen and oxygen atoms in total. The predicted octanol–water partition coefficient (Wildman–Crippen LogP) is -2.40. The van der Waals surface area contributed by atoms with Crippen LogP contribution in [0.1, 0.15) is 6.42 Å². The fourth-order valence-corrected chi connectivity index (χ4v) is 0.958. The second-order valence-electron chi connectivity index (χ2n) is 2.99. The molecule has 0 atom stereocenters. The van der Waals surface area contributed by atoms with Gasteiger partial charge in [0.15, 0.2) is 0 Å². The van der Waals surface area contributed by atoms with Crippen molar-refractivity contribution in [1.29, 1.82) is 0 Å². The molecule has 17 heavy (non-hydrogen) atoms. The van der Waals surface area contributed by atoms with E-state index in [1.807, 2.05) is 0 Å². The fourth-order valence-electron chi connectivity index (χ4n) is 0.958. The Morgan fingerprint density at radius 2 is 1.88 bits per heavy atom. The highest BCUT2D eigenvalue weighted by molar-refractivity contribution is 6.38. The van der Waals surface area contributed by atoms with E-state index < -0.39 is 11.8 Å². The number of carbonyl (C=O) groups is 3. The van der Waals surface area contributed by atoms with Gasteiger partial charge in [-0.25, -0.2) is 4.68 Å². The van der Waals surface area contributed by atoms with Crippen molar-refractivity contribution >= 4 is 18.2 Å². The summed E-state index contributed by atoms with van der Waals surface area (Å²) in [7, 11) is 0. The minimum atomic E-state index is -0.812. The van der Waals surface area contributed by atoms with E-state index in [2.05, 4.69) is 26.3 Å². The molecule has 0 spiro atoms. The quantitative estimate of drug-likeness (QED) is 0.291. The number of carbonyl (C=O) groups excluding carboxylic acids is 3. The monoisotopic (exact) mass is 240 g/mol. The molecule has 0 aliphatic carbocycles. The van der Waals surface area contributed by atoms with Gasteiger partial charge in [-0.3, -0.25) is 19.8 Å². The van der Waals surface area contributed by atoms with Crippen molar-refractivity contribution in [1.82, 2.24) is 25.5 Å². The fraction of sp³-hybridized carbons (Fsp3) is 0.375. The van der Waals surface area contributed by atoms with Gasteiger partial charge in [-0.1, -0.05) is 0 Å². The Labute approximate surface area is 96.6 Å².